The molecule has 1 unspecified atom stereocenters. The third-order valence-electron chi connectivity index (χ3n) is 6.49. The Hall–Kier alpha value is -4.06. The highest BCUT2D eigenvalue weighted by atomic mass is 32.3. The van der Waals surface area contributed by atoms with Gasteiger partial charge in [0.15, 0.2) is 6.26 Å². The van der Waals surface area contributed by atoms with Crippen LogP contribution in [0.15, 0.2) is 78.2 Å². The molecule has 0 radical (unpaired) electrons. The number of anilines is 1. The van der Waals surface area contributed by atoms with Crippen LogP contribution in [0.2, 0.25) is 0 Å². The van der Waals surface area contributed by atoms with E-state index in [0.717, 1.165) is 17.3 Å². The standard InChI is InChI=1S/C29H31FN4O5S/c1-20-4-9-23(10-5-20)32-29(35)28(26(19-31)33-14-16-34(17-15-33)40(3,36)37)39-24-11-6-21(7-12-24)25-13-8-22(30)18-27(25)38-2/h4-13,18-19,31H,14-17H2,1-3H3,(H-,32,35,36,37)/p+1/b28-26-,31-19?. The fourth-order valence-electron chi connectivity index (χ4n) is 4.33. The lowest BCUT2D eigenvalue weighted by atomic mass is 10.0. The first-order valence-corrected chi connectivity index (χ1v) is 14.4. The number of allylic oxidation sites excluding steroid dienone is 1. The molecule has 1 atom stereocenters. The Kier molecular flexibility index (Phi) is 8.98. The van der Waals surface area contributed by atoms with E-state index < -0.39 is 22.1 Å². The summed E-state index contributed by atoms with van der Waals surface area (Å²) in [6.07, 6.45) is 2.32. The van der Waals surface area contributed by atoms with E-state index in [4.69, 9.17) is 14.9 Å². The van der Waals surface area contributed by atoms with Crippen LogP contribution in [-0.2, 0) is 19.4 Å². The first kappa shape index (κ1) is 28.9. The molecule has 1 saturated heterocycles. The maximum Gasteiger partial charge on any atom is 0.293 e. The average Bonchev–Trinajstić information content (AvgIpc) is 2.94. The summed E-state index contributed by atoms with van der Waals surface area (Å²) in [4.78, 5) is 15.3. The lowest BCUT2D eigenvalue weighted by Gasteiger charge is -2.34. The van der Waals surface area contributed by atoms with Gasteiger partial charge in [-0.05, 0) is 53.1 Å². The average molecular weight is 568 g/mol. The summed E-state index contributed by atoms with van der Waals surface area (Å²) in [7, 11) is -1.63. The topological polar surface area (TPSA) is 115 Å². The van der Waals surface area contributed by atoms with Crippen molar-refractivity contribution in [2.24, 2.45) is 0 Å². The Labute approximate surface area is 234 Å². The van der Waals surface area contributed by atoms with Gasteiger partial charge in [-0.25, -0.2) is 4.39 Å². The number of ether oxygens (including phenoxy) is 2. The second-order valence-corrected chi connectivity index (χ2v) is 11.4. The third-order valence-corrected chi connectivity index (χ3v) is 7.82. The molecule has 1 aliphatic rings. The van der Waals surface area contributed by atoms with Crippen LogP contribution in [0.5, 0.6) is 11.5 Å². The molecule has 0 aliphatic carbocycles. The number of halogens is 1. The molecule has 9 nitrogen and oxygen atoms in total. The Morgan fingerprint density at radius 1 is 1.05 bits per heavy atom. The van der Waals surface area contributed by atoms with E-state index in [1.54, 1.807) is 47.4 Å². The highest BCUT2D eigenvalue weighted by molar-refractivity contribution is 7.94. The minimum absolute atomic E-state index is 0.0858. The maximum absolute atomic E-state index is 13.7. The number of rotatable bonds is 9. The summed E-state index contributed by atoms with van der Waals surface area (Å²) in [6, 6.07) is 18.5. The number of nitrogens with zero attached hydrogens (tertiary/aromatic N) is 2. The van der Waals surface area contributed by atoms with Crippen LogP contribution < -0.4 is 14.8 Å². The molecule has 1 amide bonds. The van der Waals surface area contributed by atoms with Crippen molar-refractivity contribution in [2.75, 3.05) is 44.9 Å². The van der Waals surface area contributed by atoms with E-state index >= 15 is 0 Å². The molecule has 3 aromatic rings. The summed E-state index contributed by atoms with van der Waals surface area (Å²) >= 11 is 0. The van der Waals surface area contributed by atoms with Gasteiger partial charge in [-0.3, -0.25) is 4.79 Å². The Balaban J connectivity index is 1.64. The zero-order valence-corrected chi connectivity index (χ0v) is 23.3. The van der Waals surface area contributed by atoms with Crippen molar-refractivity contribution in [3.63, 3.8) is 0 Å². The first-order valence-electron chi connectivity index (χ1n) is 12.6. The molecule has 210 valence electrons. The molecule has 3 N–H and O–H groups in total. The SMILES string of the molecule is COc1cc(F)ccc1-c1ccc(O/C(C(=O)Nc2ccc(C)cc2)=C(/C=N)N2CCN([S+](C)(=O)O)CC2)cc1. The molecule has 0 bridgehead atoms. The number of carbonyl (C=O) groups is 1. The first-order chi connectivity index (χ1) is 19.1. The van der Waals surface area contributed by atoms with Crippen LogP contribution in [0, 0.1) is 18.2 Å². The zero-order valence-electron chi connectivity index (χ0n) is 22.5. The zero-order chi connectivity index (χ0) is 28.9. The molecule has 40 heavy (non-hydrogen) atoms. The Bertz CT molecular complexity index is 1450. The molecular weight excluding hydrogens is 535 g/mol. The molecule has 11 heteroatoms. The van der Waals surface area contributed by atoms with Crippen LogP contribution in [0.3, 0.4) is 0 Å². The van der Waals surface area contributed by atoms with Crippen molar-refractivity contribution >= 4 is 28.2 Å². The van der Waals surface area contributed by atoms with E-state index in [9.17, 15) is 17.9 Å². The summed E-state index contributed by atoms with van der Waals surface area (Å²) in [6.45, 7) is 3.15. The van der Waals surface area contributed by atoms with Gasteiger partial charge in [0.2, 0.25) is 5.76 Å². The van der Waals surface area contributed by atoms with Gasteiger partial charge >= 0.3 is 0 Å². The Morgan fingerprint density at radius 2 is 1.70 bits per heavy atom. The molecular formula is C29H32FN4O5S+. The predicted octanol–water partition coefficient (Wildman–Crippen LogP) is 4.82. The number of hydrogen-bond acceptors (Lipinski definition) is 6. The second kappa shape index (κ2) is 12.4. The molecule has 3 aromatic carbocycles. The van der Waals surface area contributed by atoms with Gasteiger partial charge in [0.1, 0.15) is 23.0 Å². The van der Waals surface area contributed by atoms with E-state index in [2.05, 4.69) is 5.32 Å². The van der Waals surface area contributed by atoms with Crippen molar-refractivity contribution in [1.29, 1.82) is 5.41 Å². The smallest absolute Gasteiger partial charge is 0.293 e. The van der Waals surface area contributed by atoms with Crippen molar-refractivity contribution in [2.45, 2.75) is 6.92 Å². The van der Waals surface area contributed by atoms with Gasteiger partial charge < -0.3 is 25.1 Å². The number of methoxy groups -OCH3 is 1. The van der Waals surface area contributed by atoms with Gasteiger partial charge in [0.05, 0.1) is 20.2 Å². The minimum atomic E-state index is -3.10. The van der Waals surface area contributed by atoms with Gasteiger partial charge in [-0.2, -0.15) is 4.55 Å². The largest absolute Gasteiger partial charge is 0.496 e. The van der Waals surface area contributed by atoms with Gasteiger partial charge in [-0.15, -0.1) is 0 Å². The van der Waals surface area contributed by atoms with Gasteiger partial charge in [-0.1, -0.05) is 34.1 Å². The predicted molar refractivity (Wildman–Crippen MR) is 154 cm³/mol. The summed E-state index contributed by atoms with van der Waals surface area (Å²) in [5.74, 6) is -0.303. The number of hydrogen-bond donors (Lipinski definition) is 3. The summed E-state index contributed by atoms with van der Waals surface area (Å²) in [5.41, 5.74) is 3.30. The van der Waals surface area contributed by atoms with Gasteiger partial charge in [0.25, 0.3) is 16.3 Å². The molecule has 0 saturated carbocycles. The van der Waals surface area contributed by atoms with E-state index in [0.29, 0.717) is 35.8 Å². The molecule has 1 fully saturated rings. The van der Waals surface area contributed by atoms with Crippen molar-refractivity contribution in [3.05, 3.63) is 89.6 Å². The van der Waals surface area contributed by atoms with Crippen molar-refractivity contribution in [3.8, 4) is 22.6 Å². The van der Waals surface area contributed by atoms with Gasteiger partial charge in [0, 0.05) is 36.6 Å². The minimum Gasteiger partial charge on any atom is -0.496 e. The van der Waals surface area contributed by atoms with Crippen molar-refractivity contribution in [1.82, 2.24) is 9.21 Å². The number of nitrogens with one attached hydrogen (secondary N) is 2. The summed E-state index contributed by atoms with van der Waals surface area (Å²) < 4.78 is 48.5. The highest BCUT2D eigenvalue weighted by Gasteiger charge is 2.34. The van der Waals surface area contributed by atoms with E-state index in [1.807, 2.05) is 19.1 Å². The number of piperazine rings is 1. The van der Waals surface area contributed by atoms with Crippen LogP contribution in [-0.4, -0.2) is 65.4 Å². The normalized spacial score (nSPS) is 16.0. The Morgan fingerprint density at radius 3 is 2.27 bits per heavy atom. The van der Waals surface area contributed by atoms with E-state index in [1.165, 1.54) is 29.8 Å². The highest BCUT2D eigenvalue weighted by Crippen LogP contribution is 2.32. The fourth-order valence-corrected chi connectivity index (χ4v) is 5.17. The number of carbonyl (C=O) groups excluding carboxylic acids is 1. The lowest BCUT2D eigenvalue weighted by Crippen LogP contribution is -2.50. The molecule has 0 aromatic heterocycles. The quantitative estimate of drug-likeness (QED) is 0.148. The summed E-state index contributed by atoms with van der Waals surface area (Å²) in [5, 5.41) is 11.0. The monoisotopic (exact) mass is 567 g/mol. The molecule has 4 rings (SSSR count). The molecule has 0 spiro atoms. The number of amides is 1. The number of aryl methyl sites for hydroxylation is 1. The van der Waals surface area contributed by atoms with Crippen LogP contribution >= 0.6 is 0 Å². The lowest BCUT2D eigenvalue weighted by molar-refractivity contribution is -0.115. The molecule has 1 heterocycles. The van der Waals surface area contributed by atoms with Crippen LogP contribution in [0.25, 0.3) is 11.1 Å². The van der Waals surface area contributed by atoms with Crippen molar-refractivity contribution < 1.29 is 27.4 Å². The van der Waals surface area contributed by atoms with Crippen LogP contribution in [0.1, 0.15) is 5.56 Å². The van der Waals surface area contributed by atoms with E-state index in [-0.39, 0.29) is 24.5 Å². The number of benzene rings is 3. The fraction of sp³-hybridized carbons (Fsp3) is 0.241. The second-order valence-electron chi connectivity index (χ2n) is 9.33. The third kappa shape index (κ3) is 6.92. The van der Waals surface area contributed by atoms with Crippen LogP contribution in [0.4, 0.5) is 10.1 Å². The molecule has 1 aliphatic heterocycles. The maximum atomic E-state index is 13.7.